The van der Waals surface area contributed by atoms with Gasteiger partial charge >= 0.3 is 0 Å². The average molecular weight is 528 g/mol. The van der Waals surface area contributed by atoms with Gasteiger partial charge < -0.3 is 15.3 Å². The number of benzene rings is 1. The van der Waals surface area contributed by atoms with Crippen molar-refractivity contribution in [3.8, 4) is 10.4 Å². The third-order valence-electron chi connectivity index (χ3n) is 6.80. The Morgan fingerprint density at radius 2 is 1.78 bits per heavy atom. The van der Waals surface area contributed by atoms with Gasteiger partial charge in [-0.05, 0) is 28.9 Å². The summed E-state index contributed by atoms with van der Waals surface area (Å²) in [6.07, 6.45) is -0.0616. The zero-order chi connectivity index (χ0) is 27.5. The van der Waals surface area contributed by atoms with E-state index in [4.69, 9.17) is 0 Å². The number of aliphatic hydroxyl groups excluding tert-OH is 1. The summed E-state index contributed by atoms with van der Waals surface area (Å²) in [7, 11) is 0. The van der Waals surface area contributed by atoms with E-state index in [2.05, 4.69) is 10.3 Å². The van der Waals surface area contributed by atoms with E-state index in [9.17, 15) is 19.5 Å². The second-order valence-electron chi connectivity index (χ2n) is 12.5. The number of rotatable bonds is 8. The molecule has 0 radical (unpaired) electrons. The van der Waals surface area contributed by atoms with Gasteiger partial charge in [-0.3, -0.25) is 14.4 Å². The van der Waals surface area contributed by atoms with Crippen LogP contribution in [0.25, 0.3) is 10.4 Å². The number of thiazole rings is 1. The Labute approximate surface area is 224 Å². The molecule has 0 unspecified atom stereocenters. The van der Waals surface area contributed by atoms with Gasteiger partial charge in [0, 0.05) is 38.3 Å². The lowest BCUT2D eigenvalue weighted by atomic mass is 9.75. The minimum absolute atomic E-state index is 0.0403. The fraction of sp³-hybridized carbons (Fsp3) is 0.586. The summed E-state index contributed by atoms with van der Waals surface area (Å²) in [5, 5.41) is 13.3. The molecule has 37 heavy (non-hydrogen) atoms. The number of likely N-dealkylation sites (tertiary alicyclic amines) is 1. The Balaban J connectivity index is 1.68. The summed E-state index contributed by atoms with van der Waals surface area (Å²) in [4.78, 5) is 46.5. The summed E-state index contributed by atoms with van der Waals surface area (Å²) in [5.41, 5.74) is 4.22. The van der Waals surface area contributed by atoms with E-state index in [0.29, 0.717) is 13.0 Å². The number of amides is 2. The lowest BCUT2D eigenvalue weighted by Crippen LogP contribution is -2.50. The highest BCUT2D eigenvalue weighted by Gasteiger charge is 2.44. The number of carbonyl (C=O) groups is 3. The molecule has 2 heterocycles. The minimum atomic E-state index is -0.771. The smallest absolute Gasteiger partial charge is 0.243 e. The number of carbonyl (C=O) groups excluding carboxylic acids is 3. The molecule has 2 aromatic rings. The molecular formula is C29H41N3O4S. The third kappa shape index (κ3) is 7.71. The molecule has 202 valence electrons. The highest BCUT2D eigenvalue weighted by molar-refractivity contribution is 7.13. The van der Waals surface area contributed by atoms with Gasteiger partial charge in [-0.1, -0.05) is 65.8 Å². The van der Waals surface area contributed by atoms with Gasteiger partial charge in [0.2, 0.25) is 11.8 Å². The Morgan fingerprint density at radius 1 is 1.14 bits per heavy atom. The Bertz CT molecular complexity index is 1110. The lowest BCUT2D eigenvalue weighted by molar-refractivity contribution is -0.146. The molecular weight excluding hydrogens is 486 g/mol. The second-order valence-corrected chi connectivity index (χ2v) is 13.3. The topological polar surface area (TPSA) is 99.6 Å². The van der Waals surface area contributed by atoms with Gasteiger partial charge in [0.1, 0.15) is 11.8 Å². The predicted molar refractivity (Wildman–Crippen MR) is 147 cm³/mol. The standard InChI is InChI=1S/C29H41N3O4S/c1-18-25(37-17-31-18)20-10-8-19(9-11-20)15-30-26(35)24-13-22(34)16-32(24)27(36)23(29(5,6)7)12-21(33)14-28(2,3)4/h8-11,17,22-24,34H,12-16H2,1-7H3,(H,30,35)/t22-,23-,24+/m1/s1. The van der Waals surface area contributed by atoms with Crippen LogP contribution in [-0.4, -0.2) is 51.3 Å². The third-order valence-corrected chi connectivity index (χ3v) is 7.77. The number of aliphatic hydroxyl groups is 1. The molecule has 1 aromatic heterocycles. The maximum atomic E-state index is 13.7. The quantitative estimate of drug-likeness (QED) is 0.516. The molecule has 1 saturated heterocycles. The number of nitrogens with zero attached hydrogens (tertiary/aromatic N) is 2. The fourth-order valence-corrected chi connectivity index (χ4v) is 5.63. The van der Waals surface area contributed by atoms with Gasteiger partial charge in [0.15, 0.2) is 0 Å². The van der Waals surface area contributed by atoms with Gasteiger partial charge in [0.25, 0.3) is 0 Å². The summed E-state index contributed by atoms with van der Waals surface area (Å²) >= 11 is 1.59. The number of β-amino-alcohol motifs (C(OH)–C–C–N with tert-alkyl or cyclic N) is 1. The maximum absolute atomic E-state index is 13.7. The van der Waals surface area contributed by atoms with Crippen LogP contribution in [0.3, 0.4) is 0 Å². The first-order chi connectivity index (χ1) is 17.2. The summed E-state index contributed by atoms with van der Waals surface area (Å²) < 4.78 is 0. The van der Waals surface area contributed by atoms with Crippen molar-refractivity contribution < 1.29 is 19.5 Å². The number of nitrogens with one attached hydrogen (secondary N) is 1. The van der Waals surface area contributed by atoms with E-state index >= 15 is 0 Å². The molecule has 1 aliphatic rings. The number of ketones is 1. The Hall–Kier alpha value is -2.58. The monoisotopic (exact) mass is 527 g/mol. The first-order valence-corrected chi connectivity index (χ1v) is 13.8. The number of aryl methyl sites for hydroxylation is 1. The molecule has 7 nitrogen and oxygen atoms in total. The first kappa shape index (κ1) is 29.0. The van der Waals surface area contributed by atoms with Crippen LogP contribution in [0.5, 0.6) is 0 Å². The van der Waals surface area contributed by atoms with E-state index in [1.165, 1.54) is 4.90 Å². The van der Waals surface area contributed by atoms with E-state index in [1.54, 1.807) is 11.3 Å². The summed E-state index contributed by atoms with van der Waals surface area (Å²) in [6.45, 7) is 14.2. The van der Waals surface area contributed by atoms with E-state index in [-0.39, 0.29) is 42.4 Å². The second kappa shape index (κ2) is 11.4. The van der Waals surface area contributed by atoms with Crippen LogP contribution in [0, 0.1) is 23.7 Å². The van der Waals surface area contributed by atoms with Crippen LogP contribution in [0.4, 0.5) is 0 Å². The van der Waals surface area contributed by atoms with Crippen molar-refractivity contribution in [1.29, 1.82) is 0 Å². The maximum Gasteiger partial charge on any atom is 0.243 e. The van der Waals surface area contributed by atoms with Crippen molar-refractivity contribution in [2.24, 2.45) is 16.7 Å². The van der Waals surface area contributed by atoms with Crippen molar-refractivity contribution in [1.82, 2.24) is 15.2 Å². The van der Waals surface area contributed by atoms with Crippen LogP contribution < -0.4 is 5.32 Å². The molecule has 2 amide bonds. The summed E-state index contributed by atoms with van der Waals surface area (Å²) in [5.74, 6) is -1.05. The Kier molecular flexibility index (Phi) is 8.96. The number of hydrogen-bond donors (Lipinski definition) is 2. The van der Waals surface area contributed by atoms with Gasteiger partial charge in [-0.15, -0.1) is 11.3 Å². The van der Waals surface area contributed by atoms with Crippen LogP contribution in [-0.2, 0) is 20.9 Å². The van der Waals surface area contributed by atoms with Gasteiger partial charge in [0.05, 0.1) is 22.2 Å². The van der Waals surface area contributed by atoms with E-state index in [1.807, 2.05) is 78.2 Å². The van der Waals surface area contributed by atoms with Crippen LogP contribution in [0.1, 0.15) is 72.1 Å². The molecule has 0 spiro atoms. The summed E-state index contributed by atoms with van der Waals surface area (Å²) in [6, 6.07) is 7.21. The molecule has 1 aliphatic heterocycles. The molecule has 0 bridgehead atoms. The van der Waals surface area contributed by atoms with E-state index < -0.39 is 23.5 Å². The highest BCUT2D eigenvalue weighted by atomic mass is 32.1. The molecule has 1 aromatic carbocycles. The molecule has 2 N–H and O–H groups in total. The number of Topliss-reactive ketones (excluding diaryl/α,β-unsaturated/α-hetero) is 1. The zero-order valence-electron chi connectivity index (χ0n) is 23.1. The van der Waals surface area contributed by atoms with Crippen LogP contribution in [0.2, 0.25) is 0 Å². The SMILES string of the molecule is Cc1ncsc1-c1ccc(CNC(=O)[C@@H]2C[C@@H](O)CN2C(=O)[C@@H](CC(=O)CC(C)(C)C)C(C)(C)C)cc1. The number of hydrogen-bond acceptors (Lipinski definition) is 6. The zero-order valence-corrected chi connectivity index (χ0v) is 23.9. The van der Waals surface area contributed by atoms with Gasteiger partial charge in [-0.25, -0.2) is 4.98 Å². The largest absolute Gasteiger partial charge is 0.391 e. The van der Waals surface area contributed by atoms with Crippen molar-refractivity contribution in [2.75, 3.05) is 6.54 Å². The molecule has 1 fully saturated rings. The minimum Gasteiger partial charge on any atom is -0.391 e. The molecule has 0 saturated carbocycles. The van der Waals surface area contributed by atoms with Gasteiger partial charge in [-0.2, -0.15) is 0 Å². The van der Waals surface area contributed by atoms with Crippen molar-refractivity contribution in [3.63, 3.8) is 0 Å². The Morgan fingerprint density at radius 3 is 2.32 bits per heavy atom. The van der Waals surface area contributed by atoms with Crippen molar-refractivity contribution in [2.45, 2.75) is 86.4 Å². The fourth-order valence-electron chi connectivity index (χ4n) is 4.82. The molecule has 3 atom stereocenters. The van der Waals surface area contributed by atoms with Crippen molar-refractivity contribution in [3.05, 3.63) is 41.0 Å². The lowest BCUT2D eigenvalue weighted by Gasteiger charge is -2.35. The van der Waals surface area contributed by atoms with Crippen LogP contribution in [0.15, 0.2) is 29.8 Å². The molecule has 8 heteroatoms. The first-order valence-electron chi connectivity index (χ1n) is 12.9. The molecule has 3 rings (SSSR count). The molecule has 0 aliphatic carbocycles. The highest BCUT2D eigenvalue weighted by Crippen LogP contribution is 2.35. The number of aromatic nitrogens is 1. The van der Waals surface area contributed by atoms with Crippen molar-refractivity contribution >= 4 is 28.9 Å². The van der Waals surface area contributed by atoms with Crippen LogP contribution >= 0.6 is 11.3 Å². The predicted octanol–water partition coefficient (Wildman–Crippen LogP) is 4.75. The normalized spacial score (nSPS) is 19.1. The average Bonchev–Trinajstić information content (AvgIpc) is 3.39. The van der Waals surface area contributed by atoms with E-state index in [0.717, 1.165) is 21.7 Å².